The SMILES string of the molecule is CCCCCCCCCCCCC(=O)O[C@H](COC(=O)CCCCCCC)COP(=O)(O)OC[C@H](O)COP(=O)(O)OC[C@@H](COC(=O)CCCCCCCCCCCCCCCCC(C)CC)OC(=O)CCCCCCCCCCCCCCCCCCCCC(C)C. The Balaban J connectivity index is 5.11. The van der Waals surface area contributed by atoms with E-state index in [2.05, 4.69) is 41.5 Å². The molecule has 0 aliphatic carbocycles. The fourth-order valence-electron chi connectivity index (χ4n) is 11.4. The van der Waals surface area contributed by atoms with Gasteiger partial charge in [0.2, 0.25) is 0 Å². The van der Waals surface area contributed by atoms with Crippen LogP contribution in [0.5, 0.6) is 0 Å². The van der Waals surface area contributed by atoms with E-state index in [0.717, 1.165) is 108 Å². The Kier molecular flexibility index (Phi) is 65.5. The van der Waals surface area contributed by atoms with Crippen molar-refractivity contribution in [3.63, 3.8) is 0 Å². The normalized spacial score (nSPS) is 14.3. The van der Waals surface area contributed by atoms with Crippen molar-refractivity contribution in [3.05, 3.63) is 0 Å². The molecule has 0 aromatic carbocycles. The van der Waals surface area contributed by atoms with Gasteiger partial charge in [0.05, 0.1) is 26.4 Å². The molecule has 0 saturated heterocycles. The summed E-state index contributed by atoms with van der Waals surface area (Å²) in [6.45, 7) is 9.58. The molecule has 0 radical (unpaired) electrons. The third kappa shape index (κ3) is 67.3. The van der Waals surface area contributed by atoms with E-state index in [1.54, 1.807) is 0 Å². The first-order valence-electron chi connectivity index (χ1n) is 39.0. The van der Waals surface area contributed by atoms with Crippen LogP contribution in [0.25, 0.3) is 0 Å². The number of ether oxygens (including phenoxy) is 4. The van der Waals surface area contributed by atoms with E-state index < -0.39 is 97.5 Å². The highest BCUT2D eigenvalue weighted by Gasteiger charge is 2.30. The third-order valence-corrected chi connectivity index (χ3v) is 19.7. The molecule has 0 saturated carbocycles. The summed E-state index contributed by atoms with van der Waals surface area (Å²) < 4.78 is 68.2. The van der Waals surface area contributed by atoms with E-state index in [1.807, 2.05) is 0 Å². The lowest BCUT2D eigenvalue weighted by Crippen LogP contribution is -2.30. The standard InChI is InChI=1S/C75H146O17P2/c1-7-10-12-14-15-16-35-41-47-53-59-74(79)91-70(63-85-72(77)57-51-43-13-11-8-2)65-89-93(81,82)87-61-69(76)62-88-94(83,84)90-66-71(64-86-73(78)58-52-46-40-36-31-27-24-23-26-30-34-39-45-50-56-68(6)9-3)92-75(80)60-54-48-42-37-32-28-22-20-18-17-19-21-25-29-33-38-44-49-55-67(4)5/h67-71,76H,7-66H2,1-6H3,(H,81,82)(H,83,84)/t68?,69-,70+,71+/m0/s1. The van der Waals surface area contributed by atoms with Crippen molar-refractivity contribution in [2.45, 2.75) is 407 Å². The molecule has 0 aliphatic heterocycles. The predicted octanol–water partition coefficient (Wildman–Crippen LogP) is 21.9. The van der Waals surface area contributed by atoms with E-state index in [1.165, 1.54) is 199 Å². The first-order chi connectivity index (χ1) is 45.4. The molecular weight excluding hydrogens is 1230 g/mol. The number of hydrogen-bond donors (Lipinski definition) is 3. The fraction of sp³-hybridized carbons (Fsp3) is 0.947. The second-order valence-corrected chi connectivity index (χ2v) is 30.7. The second-order valence-electron chi connectivity index (χ2n) is 27.8. The van der Waals surface area contributed by atoms with Crippen molar-refractivity contribution < 1.29 is 80.2 Å². The number of carbonyl (C=O) groups is 4. The Labute approximate surface area is 575 Å². The lowest BCUT2D eigenvalue weighted by molar-refractivity contribution is -0.161. The summed E-state index contributed by atoms with van der Waals surface area (Å²) in [5.41, 5.74) is 0. The van der Waals surface area contributed by atoms with E-state index in [9.17, 15) is 43.2 Å². The smallest absolute Gasteiger partial charge is 0.462 e. The molecule has 0 fully saturated rings. The molecule has 0 heterocycles. The number of esters is 4. The zero-order valence-electron chi connectivity index (χ0n) is 61.3. The van der Waals surface area contributed by atoms with Crippen molar-refractivity contribution in [2.24, 2.45) is 11.8 Å². The van der Waals surface area contributed by atoms with Gasteiger partial charge in [-0.05, 0) is 37.5 Å². The van der Waals surface area contributed by atoms with E-state index in [0.29, 0.717) is 25.7 Å². The molecule has 3 N–H and O–H groups in total. The van der Waals surface area contributed by atoms with Crippen LogP contribution in [0.1, 0.15) is 388 Å². The van der Waals surface area contributed by atoms with Crippen molar-refractivity contribution in [3.8, 4) is 0 Å². The summed E-state index contributed by atoms with van der Waals surface area (Å²) in [5.74, 6) is -0.459. The molecule has 0 bridgehead atoms. The van der Waals surface area contributed by atoms with E-state index in [4.69, 9.17) is 37.0 Å². The predicted molar refractivity (Wildman–Crippen MR) is 381 cm³/mol. The Morgan fingerprint density at radius 1 is 0.309 bits per heavy atom. The number of aliphatic hydroxyl groups is 1. The fourth-order valence-corrected chi connectivity index (χ4v) is 13.0. The number of aliphatic hydroxyl groups excluding tert-OH is 1. The zero-order chi connectivity index (χ0) is 69.3. The van der Waals surface area contributed by atoms with Crippen LogP contribution >= 0.6 is 15.6 Å². The van der Waals surface area contributed by atoms with Crippen molar-refractivity contribution in [1.82, 2.24) is 0 Å². The molecule has 0 aliphatic rings. The summed E-state index contributed by atoms with van der Waals surface area (Å²) in [4.78, 5) is 72.4. The topological polar surface area (TPSA) is 237 Å². The molecule has 17 nitrogen and oxygen atoms in total. The van der Waals surface area contributed by atoms with Crippen LogP contribution in [0.4, 0.5) is 0 Å². The van der Waals surface area contributed by atoms with Gasteiger partial charge in [-0.15, -0.1) is 0 Å². The highest BCUT2D eigenvalue weighted by atomic mass is 31.2. The molecule has 94 heavy (non-hydrogen) atoms. The Morgan fingerprint density at radius 3 is 0.809 bits per heavy atom. The van der Waals surface area contributed by atoms with Gasteiger partial charge in [-0.2, -0.15) is 0 Å². The number of carbonyl (C=O) groups excluding carboxylic acids is 4. The quantitative estimate of drug-likeness (QED) is 0.0222. The minimum absolute atomic E-state index is 0.106. The minimum atomic E-state index is -4.95. The van der Waals surface area contributed by atoms with Crippen molar-refractivity contribution in [2.75, 3.05) is 39.6 Å². The van der Waals surface area contributed by atoms with Gasteiger partial charge in [0.1, 0.15) is 19.3 Å². The maximum absolute atomic E-state index is 13.1. The first kappa shape index (κ1) is 92.1. The van der Waals surface area contributed by atoms with E-state index >= 15 is 0 Å². The van der Waals surface area contributed by atoms with Crippen LogP contribution < -0.4 is 0 Å². The molecule has 0 aromatic heterocycles. The number of phosphoric ester groups is 2. The maximum Gasteiger partial charge on any atom is 0.472 e. The summed E-state index contributed by atoms with van der Waals surface area (Å²) >= 11 is 0. The molecule has 558 valence electrons. The van der Waals surface area contributed by atoms with Gasteiger partial charge in [-0.25, -0.2) is 9.13 Å². The average molecular weight is 1380 g/mol. The molecule has 19 heteroatoms. The molecular formula is C75H146O17P2. The van der Waals surface area contributed by atoms with Gasteiger partial charge < -0.3 is 33.8 Å². The molecule has 6 atom stereocenters. The summed E-state index contributed by atoms with van der Waals surface area (Å²) in [6, 6.07) is 0. The Morgan fingerprint density at radius 2 is 0.543 bits per heavy atom. The third-order valence-electron chi connectivity index (χ3n) is 17.8. The number of phosphoric acid groups is 2. The largest absolute Gasteiger partial charge is 0.472 e. The number of rotatable bonds is 74. The van der Waals surface area contributed by atoms with Gasteiger partial charge in [0.25, 0.3) is 0 Å². The number of hydrogen-bond acceptors (Lipinski definition) is 15. The highest BCUT2D eigenvalue weighted by Crippen LogP contribution is 2.45. The lowest BCUT2D eigenvalue weighted by Gasteiger charge is -2.21. The molecule has 0 rings (SSSR count). The van der Waals surface area contributed by atoms with Crippen LogP contribution in [0.15, 0.2) is 0 Å². The van der Waals surface area contributed by atoms with Crippen LogP contribution in [-0.2, 0) is 65.4 Å². The Bertz CT molecular complexity index is 1820. The van der Waals surface area contributed by atoms with Crippen molar-refractivity contribution in [1.29, 1.82) is 0 Å². The Hall–Kier alpha value is -1.94. The summed E-state index contributed by atoms with van der Waals surface area (Å²) in [7, 11) is -9.90. The second kappa shape index (κ2) is 66.9. The minimum Gasteiger partial charge on any atom is -0.462 e. The van der Waals surface area contributed by atoms with Gasteiger partial charge in [-0.3, -0.25) is 37.3 Å². The molecule has 0 aromatic rings. The number of unbranched alkanes of at least 4 members (excludes halogenated alkanes) is 43. The van der Waals surface area contributed by atoms with Gasteiger partial charge in [0, 0.05) is 25.7 Å². The van der Waals surface area contributed by atoms with Crippen LogP contribution in [0.2, 0.25) is 0 Å². The summed E-state index contributed by atoms with van der Waals surface area (Å²) in [5, 5.41) is 10.6. The van der Waals surface area contributed by atoms with Crippen LogP contribution in [0.3, 0.4) is 0 Å². The van der Waals surface area contributed by atoms with E-state index in [-0.39, 0.29) is 25.7 Å². The first-order valence-corrected chi connectivity index (χ1v) is 42.0. The average Bonchev–Trinajstić information content (AvgIpc) is 1.38. The van der Waals surface area contributed by atoms with Crippen LogP contribution in [-0.4, -0.2) is 96.7 Å². The molecule has 3 unspecified atom stereocenters. The summed E-state index contributed by atoms with van der Waals surface area (Å²) in [6.07, 6.45) is 54.6. The van der Waals surface area contributed by atoms with Crippen LogP contribution in [0, 0.1) is 11.8 Å². The molecule has 0 spiro atoms. The highest BCUT2D eigenvalue weighted by molar-refractivity contribution is 7.47. The van der Waals surface area contributed by atoms with Gasteiger partial charge in [-0.1, -0.05) is 337 Å². The molecule has 0 amide bonds. The van der Waals surface area contributed by atoms with Gasteiger partial charge in [0.15, 0.2) is 12.2 Å². The zero-order valence-corrected chi connectivity index (χ0v) is 63.1. The maximum atomic E-state index is 13.1. The monoisotopic (exact) mass is 1380 g/mol. The lowest BCUT2D eigenvalue weighted by atomic mass is 9.99. The van der Waals surface area contributed by atoms with Gasteiger partial charge >= 0.3 is 39.5 Å². The van der Waals surface area contributed by atoms with Crippen molar-refractivity contribution >= 4 is 39.5 Å².